The molecule has 1 heterocycles. The van der Waals surface area contributed by atoms with Crippen molar-refractivity contribution in [2.24, 2.45) is 0 Å². The Kier molecular flexibility index (Phi) is 4.34. The Morgan fingerprint density at radius 2 is 2.11 bits per heavy atom. The van der Waals surface area contributed by atoms with Gasteiger partial charge in [-0.2, -0.15) is 5.10 Å². The van der Waals surface area contributed by atoms with Crippen LogP contribution in [0.5, 0.6) is 0 Å². The van der Waals surface area contributed by atoms with Crippen LogP contribution in [0, 0.1) is 0 Å². The lowest BCUT2D eigenvalue weighted by Gasteiger charge is -2.03. The maximum Gasteiger partial charge on any atom is 0.315 e. The molecule has 0 unspecified atom stereocenters. The van der Waals surface area contributed by atoms with Crippen LogP contribution in [0.3, 0.4) is 0 Å². The average molecular weight is 256 g/mol. The highest BCUT2D eigenvalue weighted by molar-refractivity contribution is 5.73. The standard InChI is InChI=1S/C14H16N4O/c1-2-8-15-14(19)16-9-12-10-17-18(11-12)13-6-4-3-5-7-13/h2-7,10-11H,1,8-9H2,(H2,15,16,19). The molecule has 0 atom stereocenters. The smallest absolute Gasteiger partial charge is 0.315 e. The van der Waals surface area contributed by atoms with Crippen LogP contribution in [-0.4, -0.2) is 22.4 Å². The van der Waals surface area contributed by atoms with Gasteiger partial charge in [-0.05, 0) is 12.1 Å². The number of para-hydroxylation sites is 1. The van der Waals surface area contributed by atoms with Gasteiger partial charge < -0.3 is 10.6 Å². The number of benzene rings is 1. The molecule has 0 radical (unpaired) electrons. The van der Waals surface area contributed by atoms with Crippen molar-refractivity contribution in [3.05, 3.63) is 60.9 Å². The number of nitrogens with zero attached hydrogens (tertiary/aromatic N) is 2. The normalized spacial score (nSPS) is 9.89. The van der Waals surface area contributed by atoms with Crippen molar-refractivity contribution in [3.63, 3.8) is 0 Å². The second-order valence-corrected chi connectivity index (χ2v) is 3.98. The van der Waals surface area contributed by atoms with E-state index in [1.54, 1.807) is 17.0 Å². The Balaban J connectivity index is 1.91. The number of carbonyl (C=O) groups excluding carboxylic acids is 1. The summed E-state index contributed by atoms with van der Waals surface area (Å²) in [4.78, 5) is 11.4. The van der Waals surface area contributed by atoms with Gasteiger partial charge in [0.05, 0.1) is 11.9 Å². The van der Waals surface area contributed by atoms with Gasteiger partial charge in [-0.25, -0.2) is 9.48 Å². The van der Waals surface area contributed by atoms with Crippen LogP contribution in [0.25, 0.3) is 5.69 Å². The SMILES string of the molecule is C=CCNC(=O)NCc1cnn(-c2ccccc2)c1. The van der Waals surface area contributed by atoms with Crippen LogP contribution in [0.2, 0.25) is 0 Å². The maximum atomic E-state index is 11.4. The summed E-state index contributed by atoms with van der Waals surface area (Å²) in [6.45, 7) is 4.43. The van der Waals surface area contributed by atoms with Crippen molar-refractivity contribution in [1.29, 1.82) is 0 Å². The Bertz CT molecular complexity index is 548. The molecule has 1 aromatic carbocycles. The first kappa shape index (κ1) is 12.9. The summed E-state index contributed by atoms with van der Waals surface area (Å²) in [6, 6.07) is 9.60. The molecule has 0 aliphatic rings. The van der Waals surface area contributed by atoms with Crippen LogP contribution in [0.4, 0.5) is 4.79 Å². The van der Waals surface area contributed by atoms with Gasteiger partial charge in [0, 0.05) is 24.8 Å². The van der Waals surface area contributed by atoms with Crippen molar-refractivity contribution in [3.8, 4) is 5.69 Å². The molecule has 5 nitrogen and oxygen atoms in total. The van der Waals surface area contributed by atoms with Crippen LogP contribution >= 0.6 is 0 Å². The van der Waals surface area contributed by atoms with Crippen LogP contribution in [0.1, 0.15) is 5.56 Å². The molecular formula is C14H16N4O. The Hall–Kier alpha value is -2.56. The molecule has 0 fully saturated rings. The fraction of sp³-hybridized carbons (Fsp3) is 0.143. The third kappa shape index (κ3) is 3.70. The minimum atomic E-state index is -0.215. The second-order valence-electron chi connectivity index (χ2n) is 3.98. The van der Waals surface area contributed by atoms with Gasteiger partial charge in [-0.3, -0.25) is 0 Å². The molecule has 2 amide bonds. The number of aromatic nitrogens is 2. The zero-order valence-corrected chi connectivity index (χ0v) is 10.5. The van der Waals surface area contributed by atoms with Gasteiger partial charge in [0.25, 0.3) is 0 Å². The lowest BCUT2D eigenvalue weighted by atomic mass is 10.3. The van der Waals surface area contributed by atoms with E-state index in [2.05, 4.69) is 22.3 Å². The molecule has 2 rings (SSSR count). The molecule has 0 aliphatic heterocycles. The molecule has 0 spiro atoms. The van der Waals surface area contributed by atoms with Crippen molar-refractivity contribution < 1.29 is 4.79 Å². The van der Waals surface area contributed by atoms with Crippen molar-refractivity contribution >= 4 is 6.03 Å². The number of rotatable bonds is 5. The van der Waals surface area contributed by atoms with Crippen molar-refractivity contribution in [1.82, 2.24) is 20.4 Å². The van der Waals surface area contributed by atoms with Gasteiger partial charge in [0.15, 0.2) is 0 Å². The number of amides is 2. The van der Waals surface area contributed by atoms with Crippen LogP contribution in [-0.2, 0) is 6.54 Å². The van der Waals surface area contributed by atoms with Crippen molar-refractivity contribution in [2.75, 3.05) is 6.54 Å². The number of nitrogens with one attached hydrogen (secondary N) is 2. The summed E-state index contributed by atoms with van der Waals surface area (Å²) in [5.41, 5.74) is 1.93. The van der Waals surface area contributed by atoms with E-state index < -0.39 is 0 Å². The number of hydrogen-bond acceptors (Lipinski definition) is 2. The molecule has 5 heteroatoms. The summed E-state index contributed by atoms with van der Waals surface area (Å²) in [7, 11) is 0. The van der Waals surface area contributed by atoms with E-state index in [0.29, 0.717) is 13.1 Å². The molecule has 0 saturated heterocycles. The molecule has 98 valence electrons. The van der Waals surface area contributed by atoms with E-state index in [9.17, 15) is 4.79 Å². The third-order valence-electron chi connectivity index (χ3n) is 2.52. The Labute approximate surface area is 111 Å². The van der Waals surface area contributed by atoms with E-state index >= 15 is 0 Å². The molecule has 1 aromatic heterocycles. The first-order valence-electron chi connectivity index (χ1n) is 6.01. The summed E-state index contributed by atoms with van der Waals surface area (Å²) < 4.78 is 1.78. The first-order valence-corrected chi connectivity index (χ1v) is 6.01. The summed E-state index contributed by atoms with van der Waals surface area (Å²) in [5, 5.41) is 9.65. The van der Waals surface area contributed by atoms with Gasteiger partial charge in [0.2, 0.25) is 0 Å². The molecule has 2 aromatic rings. The quantitative estimate of drug-likeness (QED) is 0.802. The Morgan fingerprint density at radius 3 is 2.84 bits per heavy atom. The lowest BCUT2D eigenvalue weighted by molar-refractivity contribution is 0.241. The highest BCUT2D eigenvalue weighted by Gasteiger charge is 2.02. The maximum absolute atomic E-state index is 11.4. The first-order chi connectivity index (χ1) is 9.29. The van der Waals surface area contributed by atoms with E-state index in [4.69, 9.17) is 0 Å². The minimum Gasteiger partial charge on any atom is -0.335 e. The molecule has 19 heavy (non-hydrogen) atoms. The highest BCUT2D eigenvalue weighted by Crippen LogP contribution is 2.07. The Morgan fingerprint density at radius 1 is 1.32 bits per heavy atom. The highest BCUT2D eigenvalue weighted by atomic mass is 16.2. The fourth-order valence-corrected chi connectivity index (χ4v) is 1.58. The zero-order chi connectivity index (χ0) is 13.5. The van der Waals surface area contributed by atoms with Gasteiger partial charge in [0.1, 0.15) is 0 Å². The van der Waals surface area contributed by atoms with E-state index in [1.807, 2.05) is 36.5 Å². The predicted molar refractivity (Wildman–Crippen MR) is 74.0 cm³/mol. The third-order valence-corrected chi connectivity index (χ3v) is 2.52. The number of urea groups is 1. The molecule has 0 saturated carbocycles. The van der Waals surface area contributed by atoms with E-state index in [1.165, 1.54) is 0 Å². The number of hydrogen-bond donors (Lipinski definition) is 2. The lowest BCUT2D eigenvalue weighted by Crippen LogP contribution is -2.34. The molecule has 0 bridgehead atoms. The van der Waals surface area contributed by atoms with Gasteiger partial charge in [-0.1, -0.05) is 24.3 Å². The largest absolute Gasteiger partial charge is 0.335 e. The molecule has 0 aliphatic carbocycles. The van der Waals surface area contributed by atoms with Gasteiger partial charge >= 0.3 is 6.03 Å². The topological polar surface area (TPSA) is 59.0 Å². The average Bonchev–Trinajstić information content (AvgIpc) is 2.93. The zero-order valence-electron chi connectivity index (χ0n) is 10.5. The molecular weight excluding hydrogens is 240 g/mol. The number of carbonyl (C=O) groups is 1. The summed E-state index contributed by atoms with van der Waals surface area (Å²) in [6.07, 6.45) is 5.26. The monoisotopic (exact) mass is 256 g/mol. The fourth-order valence-electron chi connectivity index (χ4n) is 1.58. The minimum absolute atomic E-state index is 0.215. The van der Waals surface area contributed by atoms with E-state index in [0.717, 1.165) is 11.3 Å². The predicted octanol–water partition coefficient (Wildman–Crippen LogP) is 1.86. The van der Waals surface area contributed by atoms with Gasteiger partial charge in [-0.15, -0.1) is 6.58 Å². The summed E-state index contributed by atoms with van der Waals surface area (Å²) in [5.74, 6) is 0. The van der Waals surface area contributed by atoms with Crippen LogP contribution < -0.4 is 10.6 Å². The summed E-state index contributed by atoms with van der Waals surface area (Å²) >= 11 is 0. The second kappa shape index (κ2) is 6.39. The van der Waals surface area contributed by atoms with E-state index in [-0.39, 0.29) is 6.03 Å². The van der Waals surface area contributed by atoms with Crippen LogP contribution in [0.15, 0.2) is 55.4 Å². The van der Waals surface area contributed by atoms with Crippen molar-refractivity contribution in [2.45, 2.75) is 6.54 Å². The molecule has 2 N–H and O–H groups in total.